The van der Waals surface area contributed by atoms with Crippen molar-refractivity contribution in [2.75, 3.05) is 0 Å². The first kappa shape index (κ1) is 18.7. The monoisotopic (exact) mass is 264 g/mol. The Kier molecular flexibility index (Phi) is 17.5. The van der Waals surface area contributed by atoms with E-state index in [9.17, 15) is 0 Å². The molecule has 0 rings (SSSR count). The molecular formula is C19H36. The minimum atomic E-state index is 0.862. The predicted octanol–water partition coefficient (Wildman–Crippen LogP) is 7.13. The summed E-state index contributed by atoms with van der Waals surface area (Å²) in [6.07, 6.45) is 24.7. The first-order chi connectivity index (χ1) is 9.41. The zero-order chi connectivity index (χ0) is 14.0. The molecule has 0 saturated carbocycles. The van der Waals surface area contributed by atoms with E-state index in [1.165, 1.54) is 89.9 Å². The van der Waals surface area contributed by atoms with Gasteiger partial charge in [0, 0.05) is 0 Å². The van der Waals surface area contributed by atoms with E-state index in [0.29, 0.717) is 0 Å². The van der Waals surface area contributed by atoms with E-state index in [1.807, 2.05) is 0 Å². The average molecular weight is 264 g/mol. The van der Waals surface area contributed by atoms with Crippen LogP contribution in [-0.2, 0) is 0 Å². The van der Waals surface area contributed by atoms with Gasteiger partial charge in [-0.25, -0.2) is 0 Å². The fraction of sp³-hybridized carbons (Fsp3) is 0.842. The van der Waals surface area contributed by atoms with Crippen LogP contribution in [-0.4, -0.2) is 0 Å². The fourth-order valence-electron chi connectivity index (χ4n) is 2.39. The van der Waals surface area contributed by atoms with Crippen LogP contribution in [0, 0.1) is 6.92 Å². The highest BCUT2D eigenvalue weighted by Gasteiger charge is 1.90. The Morgan fingerprint density at radius 2 is 1.00 bits per heavy atom. The SMILES string of the molecule is [CH]CCCCCCCC/C=C\CCCCCCCC. The molecule has 19 heavy (non-hydrogen) atoms. The van der Waals surface area contributed by atoms with Gasteiger partial charge in [-0.3, -0.25) is 0 Å². The number of hydrogen-bond donors (Lipinski definition) is 0. The first-order valence-electron chi connectivity index (χ1n) is 8.77. The first-order valence-corrected chi connectivity index (χ1v) is 8.77. The summed E-state index contributed by atoms with van der Waals surface area (Å²) in [7, 11) is 0. The molecule has 0 aliphatic rings. The van der Waals surface area contributed by atoms with E-state index in [2.05, 4.69) is 19.1 Å². The fourth-order valence-corrected chi connectivity index (χ4v) is 2.39. The van der Waals surface area contributed by atoms with Crippen LogP contribution in [0.3, 0.4) is 0 Å². The summed E-state index contributed by atoms with van der Waals surface area (Å²) in [5.74, 6) is 0. The molecule has 0 aromatic heterocycles. The van der Waals surface area contributed by atoms with Crippen LogP contribution < -0.4 is 0 Å². The maximum atomic E-state index is 5.47. The summed E-state index contributed by atoms with van der Waals surface area (Å²) in [6.45, 7) is 7.75. The Balaban J connectivity index is 3.01. The molecule has 0 N–H and O–H groups in total. The predicted molar refractivity (Wildman–Crippen MR) is 88.4 cm³/mol. The Bertz CT molecular complexity index is 169. The third kappa shape index (κ3) is 17.7. The molecule has 0 atom stereocenters. The maximum Gasteiger partial charge on any atom is -0.0351 e. The third-order valence-electron chi connectivity index (χ3n) is 3.72. The largest absolute Gasteiger partial charge is 0.0885 e. The van der Waals surface area contributed by atoms with E-state index >= 15 is 0 Å². The standard InChI is InChI=1S/C19H36/c1-3-5-7-9-11-13-15-17-19-18-16-14-12-10-8-6-4-2/h1,18-19H,3-17H2,2H3/b19-18-. The van der Waals surface area contributed by atoms with Crippen LogP contribution in [0.1, 0.15) is 103 Å². The molecule has 0 saturated heterocycles. The van der Waals surface area contributed by atoms with E-state index in [-0.39, 0.29) is 0 Å². The summed E-state index contributed by atoms with van der Waals surface area (Å²) in [5, 5.41) is 0. The van der Waals surface area contributed by atoms with Gasteiger partial charge in [0.1, 0.15) is 0 Å². The van der Waals surface area contributed by atoms with Crippen LogP contribution in [0.4, 0.5) is 0 Å². The minimum Gasteiger partial charge on any atom is -0.0885 e. The van der Waals surface area contributed by atoms with Gasteiger partial charge in [-0.2, -0.15) is 0 Å². The van der Waals surface area contributed by atoms with E-state index in [1.54, 1.807) is 0 Å². The van der Waals surface area contributed by atoms with Crippen molar-refractivity contribution in [1.82, 2.24) is 0 Å². The lowest BCUT2D eigenvalue weighted by Gasteiger charge is -1.99. The van der Waals surface area contributed by atoms with Crippen molar-refractivity contribution in [1.29, 1.82) is 0 Å². The van der Waals surface area contributed by atoms with Gasteiger partial charge >= 0.3 is 0 Å². The molecule has 0 amide bonds. The molecule has 0 fully saturated rings. The maximum absolute atomic E-state index is 5.47. The van der Waals surface area contributed by atoms with E-state index in [0.717, 1.165) is 6.42 Å². The van der Waals surface area contributed by atoms with Gasteiger partial charge in [-0.1, -0.05) is 83.3 Å². The number of allylic oxidation sites excluding steroid dienone is 2. The Hall–Kier alpha value is -0.260. The Morgan fingerprint density at radius 1 is 0.579 bits per heavy atom. The number of unbranched alkanes of at least 4 members (excludes halogenated alkanes) is 13. The van der Waals surface area contributed by atoms with Crippen molar-refractivity contribution in [2.24, 2.45) is 0 Å². The van der Waals surface area contributed by atoms with Crippen LogP contribution >= 0.6 is 0 Å². The van der Waals surface area contributed by atoms with Crippen LogP contribution in [0.2, 0.25) is 0 Å². The van der Waals surface area contributed by atoms with Crippen molar-refractivity contribution < 1.29 is 0 Å². The molecule has 0 aromatic rings. The molecule has 112 valence electrons. The van der Waals surface area contributed by atoms with Crippen LogP contribution in [0.5, 0.6) is 0 Å². The minimum absolute atomic E-state index is 0.862. The molecule has 0 bridgehead atoms. The molecule has 0 aliphatic heterocycles. The molecule has 0 aromatic carbocycles. The lowest BCUT2D eigenvalue weighted by molar-refractivity contribution is 0.598. The zero-order valence-electron chi connectivity index (χ0n) is 13.3. The molecule has 0 nitrogen and oxygen atoms in total. The van der Waals surface area contributed by atoms with Gasteiger partial charge in [0.25, 0.3) is 0 Å². The van der Waals surface area contributed by atoms with Crippen molar-refractivity contribution in [3.63, 3.8) is 0 Å². The molecular weight excluding hydrogens is 228 g/mol. The highest BCUT2D eigenvalue weighted by Crippen LogP contribution is 2.10. The Labute approximate surface area is 123 Å². The number of rotatable bonds is 15. The van der Waals surface area contributed by atoms with Gasteiger partial charge in [0.15, 0.2) is 0 Å². The van der Waals surface area contributed by atoms with Gasteiger partial charge in [-0.05, 0) is 39.0 Å². The number of hydrogen-bond acceptors (Lipinski definition) is 0. The highest BCUT2D eigenvalue weighted by atomic mass is 14.0. The molecule has 0 spiro atoms. The van der Waals surface area contributed by atoms with Gasteiger partial charge < -0.3 is 0 Å². The third-order valence-corrected chi connectivity index (χ3v) is 3.72. The second-order valence-electron chi connectivity index (χ2n) is 5.73. The van der Waals surface area contributed by atoms with E-state index < -0.39 is 0 Å². The second-order valence-corrected chi connectivity index (χ2v) is 5.73. The molecule has 0 aliphatic carbocycles. The quantitative estimate of drug-likeness (QED) is 0.218. The van der Waals surface area contributed by atoms with Crippen LogP contribution in [0.25, 0.3) is 0 Å². The lowest BCUT2D eigenvalue weighted by Crippen LogP contribution is -1.79. The van der Waals surface area contributed by atoms with Crippen molar-refractivity contribution in [2.45, 2.75) is 103 Å². The van der Waals surface area contributed by atoms with E-state index in [4.69, 9.17) is 6.92 Å². The van der Waals surface area contributed by atoms with Crippen LogP contribution in [0.15, 0.2) is 12.2 Å². The topological polar surface area (TPSA) is 0 Å². The summed E-state index contributed by atoms with van der Waals surface area (Å²) >= 11 is 0. The van der Waals surface area contributed by atoms with Gasteiger partial charge in [0.05, 0.1) is 0 Å². The van der Waals surface area contributed by atoms with Gasteiger partial charge in [-0.15, -0.1) is 0 Å². The molecule has 2 radical (unpaired) electrons. The smallest absolute Gasteiger partial charge is 0.0351 e. The highest BCUT2D eigenvalue weighted by molar-refractivity contribution is 4.81. The normalized spacial score (nSPS) is 11.5. The zero-order valence-corrected chi connectivity index (χ0v) is 13.3. The summed E-state index contributed by atoms with van der Waals surface area (Å²) in [5.41, 5.74) is 0. The second kappa shape index (κ2) is 17.7. The summed E-state index contributed by atoms with van der Waals surface area (Å²) < 4.78 is 0. The lowest BCUT2D eigenvalue weighted by atomic mass is 10.1. The Morgan fingerprint density at radius 3 is 1.47 bits per heavy atom. The summed E-state index contributed by atoms with van der Waals surface area (Å²) in [4.78, 5) is 0. The van der Waals surface area contributed by atoms with Crippen molar-refractivity contribution in [3.8, 4) is 0 Å². The van der Waals surface area contributed by atoms with Crippen molar-refractivity contribution >= 4 is 0 Å². The van der Waals surface area contributed by atoms with Crippen molar-refractivity contribution in [3.05, 3.63) is 19.1 Å². The molecule has 0 unspecified atom stereocenters. The molecule has 0 heteroatoms. The summed E-state index contributed by atoms with van der Waals surface area (Å²) in [6, 6.07) is 0. The molecule has 0 heterocycles. The van der Waals surface area contributed by atoms with Gasteiger partial charge in [0.2, 0.25) is 0 Å². The average Bonchev–Trinajstić information content (AvgIpc) is 2.43.